The van der Waals surface area contributed by atoms with E-state index in [1.54, 1.807) is 17.1 Å². The van der Waals surface area contributed by atoms with E-state index >= 15 is 0 Å². The van der Waals surface area contributed by atoms with Crippen molar-refractivity contribution in [2.75, 3.05) is 13.1 Å². The molecule has 0 bridgehead atoms. The van der Waals surface area contributed by atoms with Crippen molar-refractivity contribution in [3.8, 4) is 0 Å². The second kappa shape index (κ2) is 7.05. The minimum atomic E-state index is -0.801. The topological polar surface area (TPSA) is 109 Å². The standard InChI is InChI=1S/C13H21N5O3/c19-11(20)9-13(3-1-4-13)10-15-12(21)14-5-2-7-18-8-6-16-17-18/h6,8H,1-5,7,9-10H2,(H,19,20)(H2,14,15,21). The van der Waals surface area contributed by atoms with Gasteiger partial charge >= 0.3 is 12.0 Å². The van der Waals surface area contributed by atoms with Crippen molar-refractivity contribution in [1.82, 2.24) is 25.6 Å². The molecule has 0 atom stereocenters. The number of nitrogens with one attached hydrogen (secondary N) is 2. The van der Waals surface area contributed by atoms with Gasteiger partial charge in [0.05, 0.1) is 12.6 Å². The van der Waals surface area contributed by atoms with Crippen molar-refractivity contribution in [3.63, 3.8) is 0 Å². The molecular formula is C13H21N5O3. The zero-order valence-electron chi connectivity index (χ0n) is 11.9. The highest BCUT2D eigenvalue weighted by atomic mass is 16.4. The summed E-state index contributed by atoms with van der Waals surface area (Å²) in [7, 11) is 0. The number of aryl methyl sites for hydroxylation is 1. The van der Waals surface area contributed by atoms with Gasteiger partial charge in [-0.05, 0) is 24.7 Å². The van der Waals surface area contributed by atoms with Crippen LogP contribution in [0.2, 0.25) is 0 Å². The third-order valence-electron chi connectivity index (χ3n) is 3.89. The van der Waals surface area contributed by atoms with E-state index in [4.69, 9.17) is 5.11 Å². The molecule has 0 spiro atoms. The van der Waals surface area contributed by atoms with Gasteiger partial charge in [0.2, 0.25) is 0 Å². The Labute approximate surface area is 122 Å². The minimum absolute atomic E-state index is 0.125. The molecule has 1 aromatic rings. The van der Waals surface area contributed by atoms with Crippen LogP contribution in [0.1, 0.15) is 32.1 Å². The van der Waals surface area contributed by atoms with Gasteiger partial charge < -0.3 is 15.7 Å². The molecular weight excluding hydrogens is 274 g/mol. The van der Waals surface area contributed by atoms with Gasteiger partial charge in [0.25, 0.3) is 0 Å². The summed E-state index contributed by atoms with van der Waals surface area (Å²) >= 11 is 0. The van der Waals surface area contributed by atoms with Crippen molar-refractivity contribution in [1.29, 1.82) is 0 Å². The summed E-state index contributed by atoms with van der Waals surface area (Å²) in [6.45, 7) is 1.66. The maximum atomic E-state index is 11.7. The van der Waals surface area contributed by atoms with Crippen LogP contribution in [0.15, 0.2) is 12.4 Å². The van der Waals surface area contributed by atoms with Crippen LogP contribution in [-0.2, 0) is 11.3 Å². The van der Waals surface area contributed by atoms with E-state index in [1.807, 2.05) is 0 Å². The van der Waals surface area contributed by atoms with Crippen LogP contribution < -0.4 is 10.6 Å². The van der Waals surface area contributed by atoms with E-state index in [0.717, 1.165) is 25.7 Å². The summed E-state index contributed by atoms with van der Waals surface area (Å²) < 4.78 is 1.70. The molecule has 1 aromatic heterocycles. The summed E-state index contributed by atoms with van der Waals surface area (Å²) in [5.74, 6) is -0.801. The van der Waals surface area contributed by atoms with E-state index in [9.17, 15) is 9.59 Å². The predicted molar refractivity (Wildman–Crippen MR) is 74.6 cm³/mol. The van der Waals surface area contributed by atoms with Gasteiger partial charge in [0.1, 0.15) is 0 Å². The Morgan fingerprint density at radius 2 is 2.14 bits per heavy atom. The minimum Gasteiger partial charge on any atom is -0.481 e. The van der Waals surface area contributed by atoms with E-state index in [0.29, 0.717) is 19.6 Å². The van der Waals surface area contributed by atoms with Gasteiger partial charge in [-0.1, -0.05) is 11.6 Å². The van der Waals surface area contributed by atoms with E-state index in [2.05, 4.69) is 20.9 Å². The number of amides is 2. The zero-order chi connectivity index (χ0) is 15.1. The van der Waals surface area contributed by atoms with Gasteiger partial charge in [-0.25, -0.2) is 4.79 Å². The molecule has 0 saturated heterocycles. The van der Waals surface area contributed by atoms with Crippen LogP contribution in [0, 0.1) is 5.41 Å². The molecule has 0 aromatic carbocycles. The van der Waals surface area contributed by atoms with Gasteiger partial charge in [-0.2, -0.15) is 0 Å². The number of carbonyl (C=O) groups is 2. The number of aromatic nitrogens is 3. The number of hydrogen-bond donors (Lipinski definition) is 3. The summed E-state index contributed by atoms with van der Waals surface area (Å²) in [4.78, 5) is 22.5. The lowest BCUT2D eigenvalue weighted by Crippen LogP contribution is -2.46. The third-order valence-corrected chi connectivity index (χ3v) is 3.89. The van der Waals surface area contributed by atoms with Gasteiger partial charge in [0, 0.05) is 25.8 Å². The number of urea groups is 1. The van der Waals surface area contributed by atoms with Crippen molar-refractivity contribution in [3.05, 3.63) is 12.4 Å². The molecule has 1 fully saturated rings. The quantitative estimate of drug-likeness (QED) is 0.609. The average Bonchev–Trinajstić information content (AvgIpc) is 2.90. The van der Waals surface area contributed by atoms with Crippen molar-refractivity contribution < 1.29 is 14.7 Å². The second-order valence-corrected chi connectivity index (χ2v) is 5.55. The Morgan fingerprint density at radius 3 is 2.71 bits per heavy atom. The maximum Gasteiger partial charge on any atom is 0.314 e. The second-order valence-electron chi connectivity index (χ2n) is 5.55. The summed E-state index contributed by atoms with van der Waals surface area (Å²) in [5, 5.41) is 22.0. The molecule has 116 valence electrons. The molecule has 0 unspecified atom stereocenters. The monoisotopic (exact) mass is 295 g/mol. The van der Waals surface area contributed by atoms with Crippen LogP contribution in [-0.4, -0.2) is 45.2 Å². The molecule has 1 heterocycles. The largest absolute Gasteiger partial charge is 0.481 e. The Bertz CT molecular complexity index is 470. The summed E-state index contributed by atoms with van der Waals surface area (Å²) in [6, 6.07) is -0.245. The highest BCUT2D eigenvalue weighted by Crippen LogP contribution is 2.43. The first-order valence-corrected chi connectivity index (χ1v) is 7.17. The normalized spacial score (nSPS) is 16.0. The SMILES string of the molecule is O=C(O)CC1(CNC(=O)NCCCn2ccnn2)CCC1. The molecule has 8 nitrogen and oxygen atoms in total. The van der Waals surface area contributed by atoms with Crippen LogP contribution in [0.3, 0.4) is 0 Å². The number of aliphatic carboxylic acids is 1. The van der Waals surface area contributed by atoms with Crippen molar-refractivity contribution in [2.24, 2.45) is 5.41 Å². The van der Waals surface area contributed by atoms with Crippen LogP contribution in [0.5, 0.6) is 0 Å². The predicted octanol–water partition coefficient (Wildman–Crippen LogP) is 0.612. The molecule has 3 N–H and O–H groups in total. The van der Waals surface area contributed by atoms with Gasteiger partial charge in [-0.15, -0.1) is 5.10 Å². The van der Waals surface area contributed by atoms with E-state index in [-0.39, 0.29) is 17.9 Å². The number of carbonyl (C=O) groups excluding carboxylic acids is 1. The van der Waals surface area contributed by atoms with Gasteiger partial charge in [0.15, 0.2) is 0 Å². The fourth-order valence-corrected chi connectivity index (χ4v) is 2.54. The first-order chi connectivity index (χ1) is 10.1. The molecule has 2 amide bonds. The zero-order valence-corrected chi connectivity index (χ0v) is 11.9. The molecule has 2 rings (SSSR count). The van der Waals surface area contributed by atoms with Crippen molar-refractivity contribution >= 4 is 12.0 Å². The van der Waals surface area contributed by atoms with E-state index in [1.165, 1.54) is 0 Å². The molecule has 1 aliphatic carbocycles. The van der Waals surface area contributed by atoms with Crippen molar-refractivity contribution in [2.45, 2.75) is 38.6 Å². The average molecular weight is 295 g/mol. The van der Waals surface area contributed by atoms with Gasteiger partial charge in [-0.3, -0.25) is 9.48 Å². The fourth-order valence-electron chi connectivity index (χ4n) is 2.54. The lowest BCUT2D eigenvalue weighted by Gasteiger charge is -2.40. The van der Waals surface area contributed by atoms with Crippen LogP contribution in [0.4, 0.5) is 4.79 Å². The highest BCUT2D eigenvalue weighted by Gasteiger charge is 2.39. The molecule has 8 heteroatoms. The third kappa shape index (κ3) is 4.73. The molecule has 0 radical (unpaired) electrons. The van der Waals surface area contributed by atoms with E-state index < -0.39 is 5.97 Å². The Kier molecular flexibility index (Phi) is 5.13. The Morgan fingerprint density at radius 1 is 1.33 bits per heavy atom. The Balaban J connectivity index is 1.59. The number of hydrogen-bond acceptors (Lipinski definition) is 4. The maximum absolute atomic E-state index is 11.7. The molecule has 21 heavy (non-hydrogen) atoms. The lowest BCUT2D eigenvalue weighted by atomic mass is 9.66. The first-order valence-electron chi connectivity index (χ1n) is 7.17. The fraction of sp³-hybridized carbons (Fsp3) is 0.692. The smallest absolute Gasteiger partial charge is 0.314 e. The van der Waals surface area contributed by atoms with Crippen LogP contribution >= 0.6 is 0 Å². The molecule has 1 saturated carbocycles. The van der Waals surface area contributed by atoms with Crippen LogP contribution in [0.25, 0.3) is 0 Å². The number of carboxylic acids is 1. The molecule has 0 aliphatic heterocycles. The highest BCUT2D eigenvalue weighted by molar-refractivity contribution is 5.74. The first kappa shape index (κ1) is 15.3. The summed E-state index contributed by atoms with van der Waals surface area (Å²) in [6.07, 6.45) is 7.04. The number of carboxylic acid groups (broad SMARTS) is 1. The summed E-state index contributed by atoms with van der Waals surface area (Å²) in [5.41, 5.74) is -0.246. The Hall–Kier alpha value is -2.12. The number of nitrogens with zero attached hydrogens (tertiary/aromatic N) is 3. The number of rotatable bonds is 8. The molecule has 1 aliphatic rings. The lowest BCUT2D eigenvalue weighted by molar-refractivity contribution is -0.141.